The van der Waals surface area contributed by atoms with Crippen LogP contribution in [0.15, 0.2) is 0 Å². The monoisotopic (exact) mass is 255 g/mol. The van der Waals surface area contributed by atoms with Gasteiger partial charge in [0.05, 0.1) is 12.2 Å². The summed E-state index contributed by atoms with van der Waals surface area (Å²) >= 11 is 0. The quantitative estimate of drug-likeness (QED) is 0.588. The molecule has 0 aromatic carbocycles. The number of ether oxygens (including phenoxy) is 1. The molecule has 0 spiro atoms. The molecule has 0 atom stereocenters. The average molecular weight is 255 g/mol. The van der Waals surface area contributed by atoms with Crippen molar-refractivity contribution in [2.75, 3.05) is 19.7 Å². The standard InChI is InChI=1S/C16H33NO/c1-3-5-7-9-11-16(12-10-8-6-4-2)15-17-13-14-18-16/h17H,3-15H2,1-2H3. The first kappa shape index (κ1) is 16.0. The lowest BCUT2D eigenvalue weighted by molar-refractivity contribution is -0.0791. The van der Waals surface area contributed by atoms with E-state index in [0.29, 0.717) is 0 Å². The fourth-order valence-corrected chi connectivity index (χ4v) is 2.90. The van der Waals surface area contributed by atoms with Crippen molar-refractivity contribution < 1.29 is 4.74 Å². The maximum absolute atomic E-state index is 6.16. The van der Waals surface area contributed by atoms with Crippen LogP contribution in [-0.4, -0.2) is 25.3 Å². The topological polar surface area (TPSA) is 21.3 Å². The van der Waals surface area contributed by atoms with Crippen molar-refractivity contribution in [3.05, 3.63) is 0 Å². The summed E-state index contributed by atoms with van der Waals surface area (Å²) in [5.41, 5.74) is 0.166. The highest BCUT2D eigenvalue weighted by atomic mass is 16.5. The Balaban J connectivity index is 2.27. The molecule has 0 aliphatic carbocycles. The molecule has 0 amide bonds. The molecule has 1 aliphatic rings. The third kappa shape index (κ3) is 6.19. The van der Waals surface area contributed by atoms with Gasteiger partial charge in [-0.3, -0.25) is 0 Å². The van der Waals surface area contributed by atoms with Crippen molar-refractivity contribution in [3.63, 3.8) is 0 Å². The van der Waals surface area contributed by atoms with Crippen molar-refractivity contribution in [2.45, 2.75) is 83.7 Å². The molecule has 0 aromatic rings. The van der Waals surface area contributed by atoms with Gasteiger partial charge in [0.2, 0.25) is 0 Å². The van der Waals surface area contributed by atoms with Gasteiger partial charge in [-0.05, 0) is 12.8 Å². The summed E-state index contributed by atoms with van der Waals surface area (Å²) in [6.07, 6.45) is 13.3. The summed E-state index contributed by atoms with van der Waals surface area (Å²) in [5.74, 6) is 0. The third-order valence-electron chi connectivity index (χ3n) is 4.11. The minimum Gasteiger partial charge on any atom is -0.372 e. The highest BCUT2D eigenvalue weighted by Crippen LogP contribution is 2.28. The van der Waals surface area contributed by atoms with Crippen molar-refractivity contribution in [1.82, 2.24) is 5.32 Å². The molecular formula is C16H33NO. The van der Waals surface area contributed by atoms with Gasteiger partial charge >= 0.3 is 0 Å². The van der Waals surface area contributed by atoms with Crippen molar-refractivity contribution in [2.24, 2.45) is 0 Å². The fraction of sp³-hybridized carbons (Fsp3) is 1.00. The van der Waals surface area contributed by atoms with Crippen LogP contribution in [0.2, 0.25) is 0 Å². The van der Waals surface area contributed by atoms with Crippen molar-refractivity contribution in [1.29, 1.82) is 0 Å². The van der Waals surface area contributed by atoms with Crippen LogP contribution >= 0.6 is 0 Å². The molecule has 0 unspecified atom stereocenters. The van der Waals surface area contributed by atoms with E-state index in [0.717, 1.165) is 19.7 Å². The number of rotatable bonds is 10. The van der Waals surface area contributed by atoms with Crippen LogP contribution in [0.4, 0.5) is 0 Å². The van der Waals surface area contributed by atoms with Crippen LogP contribution in [0, 0.1) is 0 Å². The second kappa shape index (κ2) is 9.80. The zero-order valence-electron chi connectivity index (χ0n) is 12.6. The summed E-state index contributed by atoms with van der Waals surface area (Å²) in [5, 5.41) is 3.53. The first-order valence-electron chi connectivity index (χ1n) is 8.17. The van der Waals surface area contributed by atoms with E-state index in [-0.39, 0.29) is 5.60 Å². The Bertz CT molecular complexity index is 174. The van der Waals surface area contributed by atoms with Gasteiger partial charge in [0, 0.05) is 13.1 Å². The first-order chi connectivity index (χ1) is 8.83. The molecule has 1 rings (SSSR count). The molecule has 0 saturated carbocycles. The third-order valence-corrected chi connectivity index (χ3v) is 4.11. The lowest BCUT2D eigenvalue weighted by Gasteiger charge is -2.38. The van der Waals surface area contributed by atoms with Crippen LogP contribution in [0.1, 0.15) is 78.1 Å². The molecule has 2 nitrogen and oxygen atoms in total. The van der Waals surface area contributed by atoms with Crippen LogP contribution in [-0.2, 0) is 4.74 Å². The summed E-state index contributed by atoms with van der Waals surface area (Å²) in [7, 11) is 0. The SMILES string of the molecule is CCCCCCC1(CCCCCC)CNCCO1. The molecule has 0 bridgehead atoms. The highest BCUT2D eigenvalue weighted by Gasteiger charge is 2.31. The maximum atomic E-state index is 6.16. The average Bonchev–Trinajstić information content (AvgIpc) is 2.41. The zero-order chi connectivity index (χ0) is 13.1. The Morgan fingerprint density at radius 2 is 1.50 bits per heavy atom. The van der Waals surface area contributed by atoms with Gasteiger partial charge in [-0.1, -0.05) is 65.2 Å². The van der Waals surface area contributed by atoms with Gasteiger partial charge in [-0.15, -0.1) is 0 Å². The summed E-state index contributed by atoms with van der Waals surface area (Å²) in [6, 6.07) is 0. The lowest BCUT2D eigenvalue weighted by atomic mass is 9.88. The minimum absolute atomic E-state index is 0.166. The lowest BCUT2D eigenvalue weighted by Crippen LogP contribution is -2.49. The summed E-state index contributed by atoms with van der Waals surface area (Å²) in [6.45, 7) is 7.57. The van der Waals surface area contributed by atoms with E-state index in [9.17, 15) is 0 Å². The largest absolute Gasteiger partial charge is 0.372 e. The predicted octanol–water partition coefficient (Wildman–Crippen LogP) is 4.29. The second-order valence-corrected chi connectivity index (χ2v) is 5.83. The normalized spacial score (nSPS) is 19.0. The number of unbranched alkanes of at least 4 members (excludes halogenated alkanes) is 6. The fourth-order valence-electron chi connectivity index (χ4n) is 2.90. The Labute approximate surface area is 114 Å². The van der Waals surface area contributed by atoms with Crippen LogP contribution < -0.4 is 5.32 Å². The number of hydrogen-bond donors (Lipinski definition) is 1. The van der Waals surface area contributed by atoms with E-state index >= 15 is 0 Å². The van der Waals surface area contributed by atoms with Crippen LogP contribution in [0.5, 0.6) is 0 Å². The summed E-state index contributed by atoms with van der Waals surface area (Å²) < 4.78 is 6.16. The van der Waals surface area contributed by atoms with Gasteiger partial charge in [0.25, 0.3) is 0 Å². The smallest absolute Gasteiger partial charge is 0.0806 e. The Morgan fingerprint density at radius 3 is 1.94 bits per heavy atom. The Morgan fingerprint density at radius 1 is 0.889 bits per heavy atom. The molecule has 0 radical (unpaired) electrons. The van der Waals surface area contributed by atoms with Gasteiger partial charge in [0.1, 0.15) is 0 Å². The predicted molar refractivity (Wildman–Crippen MR) is 79.1 cm³/mol. The number of hydrogen-bond acceptors (Lipinski definition) is 2. The van der Waals surface area contributed by atoms with E-state index in [2.05, 4.69) is 19.2 Å². The Kier molecular flexibility index (Phi) is 8.70. The van der Waals surface area contributed by atoms with E-state index in [4.69, 9.17) is 4.74 Å². The molecule has 1 fully saturated rings. The van der Waals surface area contributed by atoms with Crippen LogP contribution in [0.25, 0.3) is 0 Å². The van der Waals surface area contributed by atoms with E-state index in [1.54, 1.807) is 0 Å². The molecular weight excluding hydrogens is 222 g/mol. The molecule has 18 heavy (non-hydrogen) atoms. The highest BCUT2D eigenvalue weighted by molar-refractivity contribution is 4.86. The molecule has 1 aliphatic heterocycles. The van der Waals surface area contributed by atoms with E-state index < -0.39 is 0 Å². The molecule has 108 valence electrons. The zero-order valence-corrected chi connectivity index (χ0v) is 12.6. The van der Waals surface area contributed by atoms with E-state index in [1.807, 2.05) is 0 Å². The van der Waals surface area contributed by atoms with Crippen LogP contribution in [0.3, 0.4) is 0 Å². The Hall–Kier alpha value is -0.0800. The van der Waals surface area contributed by atoms with Gasteiger partial charge < -0.3 is 10.1 Å². The van der Waals surface area contributed by atoms with E-state index in [1.165, 1.54) is 64.2 Å². The molecule has 0 aromatic heterocycles. The summed E-state index contributed by atoms with van der Waals surface area (Å²) in [4.78, 5) is 0. The van der Waals surface area contributed by atoms with Gasteiger partial charge in [0.15, 0.2) is 0 Å². The number of morpholine rings is 1. The molecule has 1 N–H and O–H groups in total. The van der Waals surface area contributed by atoms with Crippen molar-refractivity contribution >= 4 is 0 Å². The maximum Gasteiger partial charge on any atom is 0.0806 e. The molecule has 2 heteroatoms. The first-order valence-corrected chi connectivity index (χ1v) is 8.17. The number of nitrogens with one attached hydrogen (secondary N) is 1. The van der Waals surface area contributed by atoms with Gasteiger partial charge in [-0.25, -0.2) is 0 Å². The minimum atomic E-state index is 0.166. The van der Waals surface area contributed by atoms with Crippen molar-refractivity contribution in [3.8, 4) is 0 Å². The molecule has 1 heterocycles. The molecule has 1 saturated heterocycles. The second-order valence-electron chi connectivity index (χ2n) is 5.83. The van der Waals surface area contributed by atoms with Gasteiger partial charge in [-0.2, -0.15) is 0 Å².